The molecule has 0 aliphatic carbocycles. The SMILES string of the molecule is CC(=O)N[C@H]1[C@H](O[C@H]2[C@H](O)[C@@H](CO)O[C@@H](OC[C@H]3OC(O)[C@H](NC(C)=O)[C@@H](O[C@@H]4O[C@H](CO)[C@H](O)[C@H](O[C@@H]5O[C@H](C(=O)O)[C@@H](O)[C@H](O)[C@H]5O)[C@H]4O)[C@H]3O)[C@@H]2NC(C)=O)O[C@H](CO)[C@@H](O)[C@@H]1O. The molecular formula is C36H59N3O27. The monoisotopic (exact) mass is 965 g/mol. The highest BCUT2D eigenvalue weighted by atomic mass is 16.8. The third-order valence-electron chi connectivity index (χ3n) is 11.5. The Hall–Kier alpha value is -3.00. The molecule has 30 nitrogen and oxygen atoms in total. The molecular weight excluding hydrogens is 906 g/mol. The summed E-state index contributed by atoms with van der Waals surface area (Å²) in [4.78, 5) is 48.5. The van der Waals surface area contributed by atoms with E-state index in [1.165, 1.54) is 0 Å². The number of ether oxygens (including phenoxy) is 9. The third-order valence-corrected chi connectivity index (χ3v) is 11.5. The first-order valence-electron chi connectivity index (χ1n) is 20.6. The third kappa shape index (κ3) is 11.9. The second-order valence-electron chi connectivity index (χ2n) is 16.2. The van der Waals surface area contributed by atoms with Crippen LogP contribution in [0.2, 0.25) is 0 Å². The first-order chi connectivity index (χ1) is 31.0. The summed E-state index contributed by atoms with van der Waals surface area (Å²) in [7, 11) is 0. The van der Waals surface area contributed by atoms with Crippen LogP contribution in [0.1, 0.15) is 20.8 Å². The van der Waals surface area contributed by atoms with Crippen molar-refractivity contribution in [2.45, 2.75) is 174 Å². The predicted molar refractivity (Wildman–Crippen MR) is 202 cm³/mol. The van der Waals surface area contributed by atoms with E-state index in [0.29, 0.717) is 0 Å². The summed E-state index contributed by atoms with van der Waals surface area (Å²) in [6, 6.07) is -4.83. The quantitative estimate of drug-likeness (QED) is 0.0683. The van der Waals surface area contributed by atoms with E-state index in [1.807, 2.05) is 0 Å². The zero-order valence-electron chi connectivity index (χ0n) is 35.3. The van der Waals surface area contributed by atoms with Crippen molar-refractivity contribution < 1.29 is 133 Å². The summed E-state index contributed by atoms with van der Waals surface area (Å²) in [5.74, 6) is -4.10. The van der Waals surface area contributed by atoms with Gasteiger partial charge in [0.1, 0.15) is 116 Å². The zero-order chi connectivity index (χ0) is 49.1. The fourth-order valence-corrected chi connectivity index (χ4v) is 8.11. The molecule has 5 aliphatic heterocycles. The topological polar surface area (TPSA) is 471 Å². The van der Waals surface area contributed by atoms with Crippen LogP contribution in [0.3, 0.4) is 0 Å². The molecule has 25 atom stereocenters. The van der Waals surface area contributed by atoms with Gasteiger partial charge in [-0.3, -0.25) is 14.4 Å². The van der Waals surface area contributed by atoms with Crippen molar-refractivity contribution in [1.82, 2.24) is 16.0 Å². The summed E-state index contributed by atoms with van der Waals surface area (Å²) in [6.07, 6.45) is -42.2. The van der Waals surface area contributed by atoms with Crippen molar-refractivity contribution in [3.8, 4) is 0 Å². The maximum Gasteiger partial charge on any atom is 0.335 e. The smallest absolute Gasteiger partial charge is 0.335 e. The Kier molecular flexibility index (Phi) is 18.9. The van der Waals surface area contributed by atoms with Crippen molar-refractivity contribution in [3.05, 3.63) is 0 Å². The molecule has 17 N–H and O–H groups in total. The number of nitrogens with one attached hydrogen (secondary N) is 3. The van der Waals surface area contributed by atoms with Gasteiger partial charge < -0.3 is 130 Å². The minimum atomic E-state index is -2.21. The molecule has 5 fully saturated rings. The van der Waals surface area contributed by atoms with Crippen LogP contribution >= 0.6 is 0 Å². The normalized spacial score (nSPS) is 46.5. The first-order valence-corrected chi connectivity index (χ1v) is 20.6. The lowest BCUT2D eigenvalue weighted by atomic mass is 9.94. The first kappa shape index (κ1) is 53.9. The fraction of sp³-hybridized carbons (Fsp3) is 0.889. The lowest BCUT2D eigenvalue weighted by Gasteiger charge is -2.49. The molecule has 5 heterocycles. The summed E-state index contributed by atoms with van der Waals surface area (Å²) >= 11 is 0. The highest BCUT2D eigenvalue weighted by molar-refractivity contribution is 5.74. The molecule has 30 heteroatoms. The maximum atomic E-state index is 12.5. The molecule has 5 rings (SSSR count). The van der Waals surface area contributed by atoms with Crippen LogP contribution in [0, 0.1) is 0 Å². The molecule has 0 radical (unpaired) electrons. The number of aliphatic hydroxyl groups is 13. The van der Waals surface area contributed by atoms with E-state index in [9.17, 15) is 90.7 Å². The Morgan fingerprint density at radius 1 is 0.439 bits per heavy atom. The molecule has 1 unspecified atom stereocenters. The lowest BCUT2D eigenvalue weighted by Crippen LogP contribution is -2.70. The van der Waals surface area contributed by atoms with Crippen molar-refractivity contribution >= 4 is 23.7 Å². The number of aliphatic carboxylic acids is 1. The zero-order valence-corrected chi connectivity index (χ0v) is 35.3. The largest absolute Gasteiger partial charge is 0.479 e. The number of rotatable bonds is 16. The van der Waals surface area contributed by atoms with Gasteiger partial charge in [-0.15, -0.1) is 0 Å². The number of aliphatic hydroxyl groups excluding tert-OH is 13. The van der Waals surface area contributed by atoms with Gasteiger partial charge >= 0.3 is 5.97 Å². The Balaban J connectivity index is 1.38. The highest BCUT2D eigenvalue weighted by Gasteiger charge is 2.56. The van der Waals surface area contributed by atoms with Gasteiger partial charge in [-0.2, -0.15) is 0 Å². The molecule has 0 aromatic rings. The number of carboxylic acid groups (broad SMARTS) is 1. The Morgan fingerprint density at radius 3 is 1.44 bits per heavy atom. The average molecular weight is 966 g/mol. The molecule has 0 aromatic heterocycles. The molecule has 0 bridgehead atoms. The molecule has 5 aliphatic rings. The molecule has 0 spiro atoms. The Bertz CT molecular complexity index is 1640. The van der Waals surface area contributed by atoms with Crippen molar-refractivity contribution in [2.24, 2.45) is 0 Å². The number of hydrogen-bond acceptors (Lipinski definition) is 26. The second kappa shape index (κ2) is 23.1. The number of amides is 3. The Morgan fingerprint density at radius 2 is 0.879 bits per heavy atom. The number of carbonyl (C=O) groups excluding carboxylic acids is 3. The fourth-order valence-electron chi connectivity index (χ4n) is 8.11. The molecule has 0 saturated carbocycles. The Labute approximate surface area is 373 Å². The van der Waals surface area contributed by atoms with Gasteiger partial charge in [-0.25, -0.2) is 4.79 Å². The summed E-state index contributed by atoms with van der Waals surface area (Å²) in [5.41, 5.74) is 0. The van der Waals surface area contributed by atoms with Crippen molar-refractivity contribution in [2.75, 3.05) is 26.4 Å². The van der Waals surface area contributed by atoms with E-state index in [0.717, 1.165) is 20.8 Å². The minimum absolute atomic E-state index is 0.724. The van der Waals surface area contributed by atoms with Gasteiger partial charge in [0.15, 0.2) is 37.6 Å². The molecule has 5 saturated heterocycles. The van der Waals surface area contributed by atoms with Gasteiger partial charge in [0, 0.05) is 20.8 Å². The van der Waals surface area contributed by atoms with Crippen molar-refractivity contribution in [3.63, 3.8) is 0 Å². The van der Waals surface area contributed by atoms with Gasteiger partial charge in [-0.05, 0) is 0 Å². The van der Waals surface area contributed by atoms with Gasteiger partial charge in [-0.1, -0.05) is 0 Å². The van der Waals surface area contributed by atoms with Crippen LogP contribution in [0.25, 0.3) is 0 Å². The molecule has 380 valence electrons. The van der Waals surface area contributed by atoms with Crippen LogP contribution in [0.5, 0.6) is 0 Å². The lowest BCUT2D eigenvalue weighted by molar-refractivity contribution is -0.372. The van der Waals surface area contributed by atoms with Crippen LogP contribution < -0.4 is 16.0 Å². The van der Waals surface area contributed by atoms with E-state index in [2.05, 4.69) is 16.0 Å². The molecule has 0 aromatic carbocycles. The van der Waals surface area contributed by atoms with Gasteiger partial charge in [0.05, 0.1) is 26.4 Å². The number of carbonyl (C=O) groups is 4. The molecule has 3 amide bonds. The number of carboxylic acids is 1. The highest BCUT2D eigenvalue weighted by Crippen LogP contribution is 2.34. The van der Waals surface area contributed by atoms with E-state index in [1.54, 1.807) is 0 Å². The summed E-state index contributed by atoms with van der Waals surface area (Å²) in [6.45, 7) is -0.485. The average Bonchev–Trinajstić information content (AvgIpc) is 3.25. The van der Waals surface area contributed by atoms with Gasteiger partial charge in [0.2, 0.25) is 17.7 Å². The number of hydrogen-bond donors (Lipinski definition) is 17. The van der Waals surface area contributed by atoms with Crippen LogP contribution in [-0.4, -0.2) is 275 Å². The predicted octanol–water partition coefficient (Wildman–Crippen LogP) is -11.4. The van der Waals surface area contributed by atoms with E-state index in [-0.39, 0.29) is 0 Å². The van der Waals surface area contributed by atoms with Crippen LogP contribution in [0.4, 0.5) is 0 Å². The van der Waals surface area contributed by atoms with Crippen LogP contribution in [0.15, 0.2) is 0 Å². The summed E-state index contributed by atoms with van der Waals surface area (Å²) in [5, 5.41) is 155. The van der Waals surface area contributed by atoms with Crippen LogP contribution in [-0.2, 0) is 61.8 Å². The van der Waals surface area contributed by atoms with Crippen molar-refractivity contribution in [1.29, 1.82) is 0 Å². The maximum absolute atomic E-state index is 12.5. The van der Waals surface area contributed by atoms with E-state index >= 15 is 0 Å². The van der Waals surface area contributed by atoms with E-state index in [4.69, 9.17) is 42.6 Å². The van der Waals surface area contributed by atoms with E-state index < -0.39 is 203 Å². The summed E-state index contributed by atoms with van der Waals surface area (Å²) < 4.78 is 50.8. The minimum Gasteiger partial charge on any atom is -0.479 e. The standard InChI is InChI=1S/C36H59N3O27/c1-8(43)37-15-22(50)18(46)11(4-40)61-34(15)63-28-17(39-10(3)45)33(60-12(5-41)19(28)47)58-7-14-21(49)27(16(32(57)59-14)38-9(2)44)64-36-26(54)29(20(48)13(6-42)62-36)65-35-25(53)23(51)24(52)30(66-35)31(55)56/h11-30,32-36,40-42,46-54,57H,4-7H2,1-3H3,(H,37,43)(H,38,44)(H,39,45)(H,55,56)/t11-,12-,13-,14-,15-,16-,17-,18-,19-,20+,21+,22-,23+,24+,25-,26-,27-,28-,29+,30+,32?,33-,34+,35-,36+/m1/s1. The second-order valence-corrected chi connectivity index (χ2v) is 16.2. The molecule has 66 heavy (non-hydrogen) atoms. The van der Waals surface area contributed by atoms with Gasteiger partial charge in [0.25, 0.3) is 0 Å².